The van der Waals surface area contributed by atoms with Gasteiger partial charge in [-0.3, -0.25) is 9.89 Å². The van der Waals surface area contributed by atoms with E-state index in [1.54, 1.807) is 13.3 Å². The average molecular weight is 204 g/mol. The lowest BCUT2D eigenvalue weighted by atomic mass is 10.1. The predicted octanol–water partition coefficient (Wildman–Crippen LogP) is 1.69. The molecule has 1 heterocycles. The number of hydrogen-bond acceptors (Lipinski definition) is 2. The number of methoxy groups -OCH3 is 1. The average Bonchev–Trinajstić information content (AvgIpc) is 2.64. The normalized spacial score (nSPS) is 10.3. The van der Waals surface area contributed by atoms with Crippen LogP contribution in [0.15, 0.2) is 29.2 Å². The third-order valence-electron chi connectivity index (χ3n) is 2.29. The lowest BCUT2D eigenvalue weighted by Crippen LogP contribution is -2.02. The lowest BCUT2D eigenvalue weighted by Gasteiger charge is -2.06. The number of aryl methyl sites for hydroxylation is 1. The number of benzene rings is 1. The summed E-state index contributed by atoms with van der Waals surface area (Å²) in [6.07, 6.45) is 1.64. The van der Waals surface area contributed by atoms with Gasteiger partial charge < -0.3 is 9.84 Å². The van der Waals surface area contributed by atoms with Crippen LogP contribution in [0.4, 0.5) is 0 Å². The van der Waals surface area contributed by atoms with Crippen LogP contribution in [0.5, 0.6) is 5.75 Å². The molecule has 0 fully saturated rings. The largest absolute Gasteiger partial charge is 0.496 e. The fraction of sp³-hybridized carbons (Fsp3) is 0.182. The minimum atomic E-state index is -0.140. The van der Waals surface area contributed by atoms with Crippen molar-refractivity contribution in [2.75, 3.05) is 7.11 Å². The summed E-state index contributed by atoms with van der Waals surface area (Å²) in [6, 6.07) is 5.73. The summed E-state index contributed by atoms with van der Waals surface area (Å²) in [7, 11) is 1.59. The van der Waals surface area contributed by atoms with E-state index in [4.69, 9.17) is 4.74 Å². The molecule has 0 atom stereocenters. The second kappa shape index (κ2) is 3.65. The van der Waals surface area contributed by atoms with E-state index >= 15 is 0 Å². The Bertz CT molecular complexity index is 525. The molecule has 0 amide bonds. The minimum absolute atomic E-state index is 0.140. The highest BCUT2D eigenvalue weighted by Crippen LogP contribution is 2.27. The van der Waals surface area contributed by atoms with Crippen LogP contribution < -0.4 is 10.3 Å². The smallest absolute Gasteiger partial charge is 0.271 e. The van der Waals surface area contributed by atoms with Crippen LogP contribution in [0, 0.1) is 6.92 Å². The van der Waals surface area contributed by atoms with Gasteiger partial charge in [0.05, 0.1) is 12.7 Å². The Morgan fingerprint density at radius 3 is 2.67 bits per heavy atom. The highest BCUT2D eigenvalue weighted by Gasteiger charge is 2.09. The molecule has 0 saturated heterocycles. The van der Waals surface area contributed by atoms with E-state index in [1.807, 2.05) is 25.1 Å². The highest BCUT2D eigenvalue weighted by atomic mass is 16.5. The monoisotopic (exact) mass is 204 g/mol. The fourth-order valence-corrected chi connectivity index (χ4v) is 1.54. The maximum Gasteiger partial charge on any atom is 0.271 e. The van der Waals surface area contributed by atoms with E-state index in [-0.39, 0.29) is 5.56 Å². The standard InChI is InChI=1S/C11H12N2O2/c1-7-3-4-10(15-2)8(5-7)9-6-12-13-11(9)14/h3-6H,1-2H3,(H2,12,13,14). The maximum atomic E-state index is 11.5. The fourth-order valence-electron chi connectivity index (χ4n) is 1.54. The number of aromatic amines is 2. The van der Waals surface area contributed by atoms with Crippen LogP contribution in [-0.4, -0.2) is 17.3 Å². The zero-order valence-corrected chi connectivity index (χ0v) is 8.63. The van der Waals surface area contributed by atoms with Crippen molar-refractivity contribution in [3.8, 4) is 16.9 Å². The Hall–Kier alpha value is -1.97. The third-order valence-corrected chi connectivity index (χ3v) is 2.29. The summed E-state index contributed by atoms with van der Waals surface area (Å²) >= 11 is 0. The molecule has 1 aromatic heterocycles. The van der Waals surface area contributed by atoms with Crippen molar-refractivity contribution in [2.45, 2.75) is 6.92 Å². The molecule has 0 radical (unpaired) electrons. The van der Waals surface area contributed by atoms with Crippen molar-refractivity contribution in [1.82, 2.24) is 10.2 Å². The molecule has 0 unspecified atom stereocenters. The zero-order valence-electron chi connectivity index (χ0n) is 8.63. The van der Waals surface area contributed by atoms with Gasteiger partial charge in [-0.05, 0) is 19.1 Å². The SMILES string of the molecule is COc1ccc(C)cc1-c1c[nH][nH]c1=O. The first kappa shape index (κ1) is 9.58. The molecule has 4 nitrogen and oxygen atoms in total. The highest BCUT2D eigenvalue weighted by molar-refractivity contribution is 5.69. The number of ether oxygens (including phenoxy) is 1. The molecule has 0 bridgehead atoms. The van der Waals surface area contributed by atoms with Gasteiger partial charge in [0.25, 0.3) is 5.56 Å². The molecule has 78 valence electrons. The Kier molecular flexibility index (Phi) is 2.33. The maximum absolute atomic E-state index is 11.5. The van der Waals surface area contributed by atoms with Gasteiger partial charge in [0.15, 0.2) is 0 Å². The molecule has 1 aromatic carbocycles. The van der Waals surface area contributed by atoms with E-state index < -0.39 is 0 Å². The van der Waals surface area contributed by atoms with E-state index in [0.29, 0.717) is 11.3 Å². The number of rotatable bonds is 2. The molecule has 0 spiro atoms. The second-order valence-corrected chi connectivity index (χ2v) is 3.36. The number of aromatic nitrogens is 2. The van der Waals surface area contributed by atoms with Crippen LogP contribution in [0.3, 0.4) is 0 Å². The molecule has 2 rings (SSSR count). The molecule has 4 heteroatoms. The molecular weight excluding hydrogens is 192 g/mol. The molecular formula is C11H12N2O2. The Labute approximate surface area is 86.9 Å². The van der Waals surface area contributed by atoms with Crippen LogP contribution in [-0.2, 0) is 0 Å². The Morgan fingerprint density at radius 1 is 1.27 bits per heavy atom. The summed E-state index contributed by atoms with van der Waals surface area (Å²) in [6.45, 7) is 1.98. The number of H-pyrrole nitrogens is 2. The van der Waals surface area contributed by atoms with Gasteiger partial charge in [0.1, 0.15) is 5.75 Å². The topological polar surface area (TPSA) is 57.9 Å². The first-order valence-corrected chi connectivity index (χ1v) is 4.63. The van der Waals surface area contributed by atoms with Crippen LogP contribution in [0.2, 0.25) is 0 Å². The van der Waals surface area contributed by atoms with Crippen molar-refractivity contribution in [1.29, 1.82) is 0 Å². The number of hydrogen-bond donors (Lipinski definition) is 2. The molecule has 2 N–H and O–H groups in total. The second-order valence-electron chi connectivity index (χ2n) is 3.36. The third kappa shape index (κ3) is 1.66. The van der Waals surface area contributed by atoms with Crippen molar-refractivity contribution in [2.24, 2.45) is 0 Å². The Balaban J connectivity index is 2.66. The van der Waals surface area contributed by atoms with E-state index in [0.717, 1.165) is 11.1 Å². The molecule has 0 aliphatic heterocycles. The summed E-state index contributed by atoms with van der Waals surface area (Å²) in [5.74, 6) is 0.700. The van der Waals surface area contributed by atoms with Crippen LogP contribution in [0.1, 0.15) is 5.56 Å². The van der Waals surface area contributed by atoms with Crippen molar-refractivity contribution in [3.05, 3.63) is 40.3 Å². The van der Waals surface area contributed by atoms with Crippen molar-refractivity contribution in [3.63, 3.8) is 0 Å². The van der Waals surface area contributed by atoms with Gasteiger partial charge in [0, 0.05) is 11.8 Å². The van der Waals surface area contributed by atoms with Crippen LogP contribution >= 0.6 is 0 Å². The van der Waals surface area contributed by atoms with E-state index in [9.17, 15) is 4.79 Å². The van der Waals surface area contributed by atoms with Crippen molar-refractivity contribution < 1.29 is 4.74 Å². The summed E-state index contributed by atoms with van der Waals surface area (Å²) < 4.78 is 5.21. The molecule has 0 aliphatic carbocycles. The van der Waals surface area contributed by atoms with Gasteiger partial charge in [-0.15, -0.1) is 0 Å². The first-order chi connectivity index (χ1) is 7.22. The van der Waals surface area contributed by atoms with Gasteiger partial charge in [-0.1, -0.05) is 11.6 Å². The number of nitrogens with one attached hydrogen (secondary N) is 2. The quantitative estimate of drug-likeness (QED) is 0.782. The summed E-state index contributed by atoms with van der Waals surface area (Å²) in [5.41, 5.74) is 2.35. The Morgan fingerprint density at radius 2 is 2.07 bits per heavy atom. The first-order valence-electron chi connectivity index (χ1n) is 4.63. The molecule has 2 aromatic rings. The van der Waals surface area contributed by atoms with Gasteiger partial charge in [0.2, 0.25) is 0 Å². The van der Waals surface area contributed by atoms with Crippen molar-refractivity contribution >= 4 is 0 Å². The van der Waals surface area contributed by atoms with E-state index in [1.165, 1.54) is 0 Å². The summed E-state index contributed by atoms with van der Waals surface area (Å²) in [5, 5.41) is 5.18. The lowest BCUT2D eigenvalue weighted by molar-refractivity contribution is 0.416. The molecule has 15 heavy (non-hydrogen) atoms. The van der Waals surface area contributed by atoms with Gasteiger partial charge >= 0.3 is 0 Å². The summed E-state index contributed by atoms with van der Waals surface area (Å²) in [4.78, 5) is 11.5. The predicted molar refractivity (Wildman–Crippen MR) is 58.1 cm³/mol. The zero-order chi connectivity index (χ0) is 10.8. The minimum Gasteiger partial charge on any atom is -0.496 e. The molecule has 0 aliphatic rings. The van der Waals surface area contributed by atoms with Gasteiger partial charge in [-0.25, -0.2) is 0 Å². The molecule has 0 saturated carbocycles. The van der Waals surface area contributed by atoms with E-state index in [2.05, 4.69) is 10.2 Å². The van der Waals surface area contributed by atoms with Gasteiger partial charge in [-0.2, -0.15) is 0 Å². The van der Waals surface area contributed by atoms with Crippen LogP contribution in [0.25, 0.3) is 11.1 Å².